The van der Waals surface area contributed by atoms with Crippen molar-refractivity contribution < 1.29 is 13.6 Å². The number of fused-ring (bicyclic) bond motifs is 1. The lowest BCUT2D eigenvalue weighted by Gasteiger charge is -2.09. The number of anilines is 2. The lowest BCUT2D eigenvalue weighted by atomic mass is 10.1. The molecule has 0 atom stereocenters. The van der Waals surface area contributed by atoms with Crippen LogP contribution in [-0.4, -0.2) is 11.0 Å². The summed E-state index contributed by atoms with van der Waals surface area (Å²) in [6, 6.07) is 19.6. The Morgan fingerprint density at radius 3 is 2.52 bits per heavy atom. The number of hydrogen-bond acceptors (Lipinski definition) is 1. The maximum Gasteiger partial charge on any atom is 0.323 e. The topological polar surface area (TPSA) is 56.9 Å². The maximum atomic E-state index is 13.6. The Bertz CT molecular complexity index is 1100. The molecule has 2 amide bonds. The van der Waals surface area contributed by atoms with Gasteiger partial charge in [0.2, 0.25) is 0 Å². The Balaban J connectivity index is 1.53. The Morgan fingerprint density at radius 1 is 0.852 bits per heavy atom. The number of carbonyl (C=O) groups is 1. The van der Waals surface area contributed by atoms with Crippen LogP contribution in [0.5, 0.6) is 0 Å². The molecule has 4 nitrogen and oxygen atoms in total. The van der Waals surface area contributed by atoms with E-state index in [9.17, 15) is 13.6 Å². The van der Waals surface area contributed by atoms with Crippen molar-refractivity contribution in [2.45, 2.75) is 0 Å². The van der Waals surface area contributed by atoms with Crippen molar-refractivity contribution in [3.63, 3.8) is 0 Å². The Kier molecular flexibility index (Phi) is 4.30. The van der Waals surface area contributed by atoms with E-state index >= 15 is 0 Å². The van der Waals surface area contributed by atoms with E-state index in [2.05, 4.69) is 15.6 Å². The molecular formula is C21H15F2N3O. The van der Waals surface area contributed by atoms with Gasteiger partial charge in [0, 0.05) is 33.9 Å². The maximum absolute atomic E-state index is 13.6. The largest absolute Gasteiger partial charge is 0.355 e. The number of amides is 2. The number of rotatable bonds is 3. The Labute approximate surface area is 153 Å². The first-order chi connectivity index (χ1) is 13.1. The molecule has 0 spiro atoms. The number of H-pyrrole nitrogens is 1. The first-order valence-corrected chi connectivity index (χ1v) is 8.30. The molecule has 0 bridgehead atoms. The van der Waals surface area contributed by atoms with E-state index in [1.165, 1.54) is 6.07 Å². The zero-order chi connectivity index (χ0) is 18.8. The van der Waals surface area contributed by atoms with Crippen LogP contribution in [0.25, 0.3) is 22.2 Å². The van der Waals surface area contributed by atoms with E-state index < -0.39 is 17.7 Å². The summed E-state index contributed by atoms with van der Waals surface area (Å²) in [5.74, 6) is -1.54. The summed E-state index contributed by atoms with van der Waals surface area (Å²) in [7, 11) is 0. The minimum atomic E-state index is -0.836. The normalized spacial score (nSPS) is 10.7. The van der Waals surface area contributed by atoms with Crippen LogP contribution in [0.1, 0.15) is 0 Å². The minimum absolute atomic E-state index is 0.0966. The lowest BCUT2D eigenvalue weighted by Crippen LogP contribution is -2.20. The molecular weight excluding hydrogens is 348 g/mol. The Hall–Kier alpha value is -3.67. The van der Waals surface area contributed by atoms with Crippen LogP contribution < -0.4 is 10.6 Å². The zero-order valence-electron chi connectivity index (χ0n) is 14.1. The van der Waals surface area contributed by atoms with Gasteiger partial charge in [-0.2, -0.15) is 0 Å². The number of hydrogen-bond donors (Lipinski definition) is 3. The van der Waals surface area contributed by atoms with Crippen molar-refractivity contribution >= 4 is 28.3 Å². The number of halogens is 2. The van der Waals surface area contributed by atoms with Gasteiger partial charge >= 0.3 is 6.03 Å². The predicted octanol–water partition coefficient (Wildman–Crippen LogP) is 5.76. The van der Waals surface area contributed by atoms with Crippen LogP contribution in [0.4, 0.5) is 25.0 Å². The third-order valence-corrected chi connectivity index (χ3v) is 4.14. The standard InChI is InChI=1S/C21H15F2N3O/c22-15-8-9-19(17(23)12-15)26-21(27)24-16-6-3-5-13(10-16)20-11-14-4-1-2-7-18(14)25-20/h1-12,25H,(H2,24,26,27). The second-order valence-corrected chi connectivity index (χ2v) is 6.05. The first-order valence-electron chi connectivity index (χ1n) is 8.30. The molecule has 1 aromatic heterocycles. The van der Waals surface area contributed by atoms with Gasteiger partial charge in [0.15, 0.2) is 0 Å². The van der Waals surface area contributed by atoms with Gasteiger partial charge in [-0.15, -0.1) is 0 Å². The molecule has 0 unspecified atom stereocenters. The molecule has 0 aliphatic heterocycles. The van der Waals surface area contributed by atoms with Gasteiger partial charge in [0.05, 0.1) is 5.69 Å². The van der Waals surface area contributed by atoms with Crippen LogP contribution in [0, 0.1) is 11.6 Å². The number of carbonyl (C=O) groups excluding carboxylic acids is 1. The molecule has 0 aliphatic rings. The second kappa shape index (κ2) is 6.92. The van der Waals surface area contributed by atoms with Gasteiger partial charge in [0.25, 0.3) is 0 Å². The zero-order valence-corrected chi connectivity index (χ0v) is 14.1. The van der Waals surface area contributed by atoms with Gasteiger partial charge in [-0.25, -0.2) is 13.6 Å². The van der Waals surface area contributed by atoms with Crippen molar-refractivity contribution in [1.82, 2.24) is 4.98 Å². The number of aromatic nitrogens is 1. The van der Waals surface area contributed by atoms with Gasteiger partial charge in [-0.3, -0.25) is 0 Å². The smallest absolute Gasteiger partial charge is 0.323 e. The molecule has 4 aromatic rings. The van der Waals surface area contributed by atoms with Gasteiger partial charge in [-0.1, -0.05) is 30.3 Å². The van der Waals surface area contributed by atoms with Crippen molar-refractivity contribution in [3.05, 3.63) is 84.4 Å². The quantitative estimate of drug-likeness (QED) is 0.426. The molecule has 0 saturated heterocycles. The van der Waals surface area contributed by atoms with Crippen molar-refractivity contribution in [1.29, 1.82) is 0 Å². The third kappa shape index (κ3) is 3.64. The minimum Gasteiger partial charge on any atom is -0.355 e. The van der Waals surface area contributed by atoms with Crippen LogP contribution in [0.3, 0.4) is 0 Å². The van der Waals surface area contributed by atoms with E-state index in [1.54, 1.807) is 6.07 Å². The molecule has 0 aliphatic carbocycles. The fourth-order valence-corrected chi connectivity index (χ4v) is 2.87. The van der Waals surface area contributed by atoms with Crippen LogP contribution in [0.15, 0.2) is 72.8 Å². The third-order valence-electron chi connectivity index (χ3n) is 4.14. The number of nitrogens with one attached hydrogen (secondary N) is 3. The van der Waals surface area contributed by atoms with E-state index in [4.69, 9.17) is 0 Å². The average Bonchev–Trinajstić information content (AvgIpc) is 3.08. The number of para-hydroxylation sites is 1. The van der Waals surface area contributed by atoms with E-state index in [0.29, 0.717) is 11.8 Å². The summed E-state index contributed by atoms with van der Waals surface area (Å²) >= 11 is 0. The SMILES string of the molecule is O=C(Nc1cccc(-c2cc3ccccc3[nH]2)c1)Nc1ccc(F)cc1F. The average molecular weight is 363 g/mol. The highest BCUT2D eigenvalue weighted by Gasteiger charge is 2.09. The fraction of sp³-hybridized carbons (Fsp3) is 0. The van der Waals surface area contributed by atoms with E-state index in [1.807, 2.05) is 48.5 Å². The van der Waals surface area contributed by atoms with Crippen LogP contribution >= 0.6 is 0 Å². The van der Waals surface area contributed by atoms with Crippen LogP contribution in [-0.2, 0) is 0 Å². The highest BCUT2D eigenvalue weighted by molar-refractivity contribution is 6.00. The molecule has 6 heteroatoms. The summed E-state index contributed by atoms with van der Waals surface area (Å²) in [5, 5.41) is 6.11. The van der Waals surface area contributed by atoms with E-state index in [-0.39, 0.29) is 5.69 Å². The predicted molar refractivity (Wildman–Crippen MR) is 103 cm³/mol. The van der Waals surface area contributed by atoms with Gasteiger partial charge in [-0.05, 0) is 36.4 Å². The summed E-state index contributed by atoms with van der Waals surface area (Å²) in [6.45, 7) is 0. The molecule has 0 radical (unpaired) electrons. The molecule has 27 heavy (non-hydrogen) atoms. The molecule has 1 heterocycles. The van der Waals surface area contributed by atoms with Gasteiger partial charge < -0.3 is 15.6 Å². The molecule has 4 rings (SSSR count). The Morgan fingerprint density at radius 2 is 1.70 bits per heavy atom. The van der Waals surface area contributed by atoms with Gasteiger partial charge in [0.1, 0.15) is 11.6 Å². The van der Waals surface area contributed by atoms with Crippen molar-refractivity contribution in [2.24, 2.45) is 0 Å². The van der Waals surface area contributed by atoms with E-state index in [0.717, 1.165) is 28.2 Å². The van der Waals surface area contributed by atoms with Crippen LogP contribution in [0.2, 0.25) is 0 Å². The molecule has 3 N–H and O–H groups in total. The molecule has 3 aromatic carbocycles. The van der Waals surface area contributed by atoms with Crippen molar-refractivity contribution in [2.75, 3.05) is 10.6 Å². The highest BCUT2D eigenvalue weighted by atomic mass is 19.1. The second-order valence-electron chi connectivity index (χ2n) is 6.05. The summed E-state index contributed by atoms with van der Waals surface area (Å²) in [5.41, 5.74) is 3.30. The number of aromatic amines is 1. The lowest BCUT2D eigenvalue weighted by molar-refractivity contribution is 0.262. The first kappa shape index (κ1) is 16.8. The fourth-order valence-electron chi connectivity index (χ4n) is 2.87. The number of benzene rings is 3. The summed E-state index contributed by atoms with van der Waals surface area (Å²) in [6.07, 6.45) is 0. The molecule has 0 saturated carbocycles. The van der Waals surface area contributed by atoms with Crippen molar-refractivity contribution in [3.8, 4) is 11.3 Å². The molecule has 134 valence electrons. The monoisotopic (exact) mass is 363 g/mol. The summed E-state index contributed by atoms with van der Waals surface area (Å²) < 4.78 is 26.6. The summed E-state index contributed by atoms with van der Waals surface area (Å²) in [4.78, 5) is 15.4. The number of urea groups is 1. The highest BCUT2D eigenvalue weighted by Crippen LogP contribution is 2.26. The molecule has 0 fully saturated rings.